The number of carboxylic acid groups (broad SMARTS) is 1. The maximum atomic E-state index is 15.0. The first-order valence-corrected chi connectivity index (χ1v) is 14.2. The number of hydrogen-bond donors (Lipinski definition) is 4. The van der Waals surface area contributed by atoms with Gasteiger partial charge in [0.15, 0.2) is 11.6 Å². The molecule has 4 N–H and O–H groups in total. The lowest BCUT2D eigenvalue weighted by molar-refractivity contribution is -0.113. The molecule has 204 valence electrons. The lowest BCUT2D eigenvalue weighted by Crippen LogP contribution is -2.32. The number of carbonyl (C=O) groups excluding carboxylic acids is 1. The average molecular weight is 553 g/mol. The van der Waals surface area contributed by atoms with Gasteiger partial charge in [0.25, 0.3) is 0 Å². The number of rotatable bonds is 8. The van der Waals surface area contributed by atoms with Gasteiger partial charge in [-0.15, -0.1) is 11.8 Å². The van der Waals surface area contributed by atoms with Crippen molar-refractivity contribution in [2.45, 2.75) is 62.0 Å². The average Bonchev–Trinajstić information content (AvgIpc) is 3.76. The number of carboxylic acids is 1. The summed E-state index contributed by atoms with van der Waals surface area (Å²) in [6.07, 6.45) is 6.74. The van der Waals surface area contributed by atoms with E-state index >= 15 is 4.39 Å². The first-order valence-electron chi connectivity index (χ1n) is 13.2. The van der Waals surface area contributed by atoms with E-state index in [1.807, 2.05) is 12.1 Å². The number of amides is 1. The Bertz CT molecular complexity index is 1520. The molecule has 0 bridgehead atoms. The highest BCUT2D eigenvalue weighted by Gasteiger charge is 2.29. The quantitative estimate of drug-likeness (QED) is 0.329. The zero-order valence-electron chi connectivity index (χ0n) is 21.2. The lowest BCUT2D eigenvalue weighted by atomic mass is 9.86. The summed E-state index contributed by atoms with van der Waals surface area (Å²) in [6.45, 7) is 1.46. The summed E-state index contributed by atoms with van der Waals surface area (Å²) in [5, 5.41) is 18.9. The van der Waals surface area contributed by atoms with Crippen molar-refractivity contribution >= 4 is 46.3 Å². The third-order valence-electron chi connectivity index (χ3n) is 7.59. The fraction of sp³-hybridized carbons (Fsp3) is 0.444. The van der Waals surface area contributed by atoms with E-state index in [2.05, 4.69) is 25.9 Å². The molecular formula is C27H29FN6O4S. The molecule has 39 heavy (non-hydrogen) atoms. The molecule has 0 spiro atoms. The van der Waals surface area contributed by atoms with Crippen LogP contribution in [0.5, 0.6) is 0 Å². The number of thioether (sulfide) groups is 1. The monoisotopic (exact) mass is 552 g/mol. The fourth-order valence-electron chi connectivity index (χ4n) is 5.34. The lowest BCUT2D eigenvalue weighted by Gasteiger charge is -2.30. The van der Waals surface area contributed by atoms with Gasteiger partial charge in [0.2, 0.25) is 11.3 Å². The van der Waals surface area contributed by atoms with E-state index in [9.17, 15) is 19.5 Å². The number of nitrogens with zero attached hydrogens (tertiary/aromatic N) is 3. The van der Waals surface area contributed by atoms with Gasteiger partial charge in [0.1, 0.15) is 17.0 Å². The van der Waals surface area contributed by atoms with Crippen LogP contribution in [-0.2, 0) is 11.3 Å². The Balaban J connectivity index is 1.06. The summed E-state index contributed by atoms with van der Waals surface area (Å²) in [5.41, 5.74) is 0.124. The molecule has 0 unspecified atom stereocenters. The van der Waals surface area contributed by atoms with E-state index in [1.165, 1.54) is 18.0 Å². The Morgan fingerprint density at radius 1 is 1.15 bits per heavy atom. The third-order valence-corrected chi connectivity index (χ3v) is 8.63. The maximum Gasteiger partial charge on any atom is 0.341 e. The van der Waals surface area contributed by atoms with Crippen LogP contribution in [0.1, 0.15) is 60.6 Å². The van der Waals surface area contributed by atoms with Crippen molar-refractivity contribution in [3.8, 4) is 0 Å². The van der Waals surface area contributed by atoms with Gasteiger partial charge in [-0.2, -0.15) is 0 Å². The molecule has 4 heterocycles. The van der Waals surface area contributed by atoms with Crippen molar-refractivity contribution in [1.29, 1.82) is 0 Å². The highest BCUT2D eigenvalue weighted by atomic mass is 32.2. The third kappa shape index (κ3) is 5.48. The molecule has 0 radical (unpaired) electrons. The number of anilines is 2. The summed E-state index contributed by atoms with van der Waals surface area (Å²) in [6, 6.07) is 5.23. The molecule has 3 aromatic heterocycles. The minimum absolute atomic E-state index is 0.00539. The van der Waals surface area contributed by atoms with E-state index in [0.717, 1.165) is 61.7 Å². The molecule has 2 saturated carbocycles. The Hall–Kier alpha value is -3.51. The van der Waals surface area contributed by atoms with Gasteiger partial charge in [-0.25, -0.2) is 19.2 Å². The summed E-state index contributed by atoms with van der Waals surface area (Å²) < 4.78 is 16.7. The van der Waals surface area contributed by atoms with Gasteiger partial charge < -0.3 is 25.6 Å². The highest BCUT2D eigenvalue weighted by molar-refractivity contribution is 8.00. The number of fused-ring (bicyclic) bond motifs is 2. The second-order valence-corrected chi connectivity index (χ2v) is 11.5. The van der Waals surface area contributed by atoms with E-state index in [1.54, 1.807) is 4.57 Å². The smallest absolute Gasteiger partial charge is 0.341 e. The van der Waals surface area contributed by atoms with Crippen LogP contribution in [0.2, 0.25) is 0 Å². The summed E-state index contributed by atoms with van der Waals surface area (Å²) >= 11 is 1.50. The van der Waals surface area contributed by atoms with Gasteiger partial charge in [0, 0.05) is 24.8 Å². The molecule has 3 aromatic rings. The van der Waals surface area contributed by atoms with Gasteiger partial charge >= 0.3 is 5.97 Å². The first-order chi connectivity index (χ1) is 18.9. The molecule has 0 aromatic carbocycles. The van der Waals surface area contributed by atoms with Gasteiger partial charge in [-0.05, 0) is 69.2 Å². The standard InChI is InChI=1S/C27H29FN6O4S/c28-20-9-18-23(36)19(27(37)38)12-34(17-6-7-17)26(18)33-24(20)30-15-3-1-14(2-4-15)10-29-11-16-5-8-21-25(31-16)32-22(35)13-39-21/h5,8-9,12,14-15,17,29H,1-4,6-7,10-11,13H2,(H,30,33)(H,37,38)(H,31,32,35)/t14-,15-. The van der Waals surface area contributed by atoms with Crippen molar-refractivity contribution in [1.82, 2.24) is 19.9 Å². The van der Waals surface area contributed by atoms with Gasteiger partial charge in [-0.3, -0.25) is 9.59 Å². The Kier molecular flexibility index (Phi) is 6.98. The van der Waals surface area contributed by atoms with Crippen LogP contribution in [0, 0.1) is 11.7 Å². The summed E-state index contributed by atoms with van der Waals surface area (Å²) in [4.78, 5) is 45.8. The largest absolute Gasteiger partial charge is 0.477 e. The van der Waals surface area contributed by atoms with Crippen molar-refractivity contribution in [3.63, 3.8) is 0 Å². The zero-order chi connectivity index (χ0) is 27.1. The number of pyridine rings is 3. The minimum Gasteiger partial charge on any atom is -0.477 e. The van der Waals surface area contributed by atoms with Crippen LogP contribution in [0.15, 0.2) is 34.1 Å². The number of aromatic nitrogens is 3. The van der Waals surface area contributed by atoms with Crippen LogP contribution in [0.25, 0.3) is 11.0 Å². The number of carbonyl (C=O) groups is 2. The molecule has 3 aliphatic rings. The summed E-state index contributed by atoms with van der Waals surface area (Å²) in [5.74, 6) is -0.365. The molecule has 2 aliphatic carbocycles. The van der Waals surface area contributed by atoms with Crippen molar-refractivity contribution in [2.24, 2.45) is 5.92 Å². The van der Waals surface area contributed by atoms with Crippen LogP contribution in [-0.4, -0.2) is 49.9 Å². The van der Waals surface area contributed by atoms with E-state index in [0.29, 0.717) is 29.7 Å². The fourth-order valence-corrected chi connectivity index (χ4v) is 6.10. The Morgan fingerprint density at radius 2 is 1.95 bits per heavy atom. The summed E-state index contributed by atoms with van der Waals surface area (Å²) in [7, 11) is 0. The molecule has 12 heteroatoms. The number of nitrogens with one attached hydrogen (secondary N) is 3. The number of halogens is 1. The SMILES string of the molecule is O=C1CSc2ccc(CNC[C@H]3CC[C@H](Nc4nc5c(cc4F)c(=O)c(C(=O)O)cn5C4CC4)CC3)nc2N1. The van der Waals surface area contributed by atoms with Gasteiger partial charge in [-0.1, -0.05) is 0 Å². The van der Waals surface area contributed by atoms with Crippen LogP contribution in [0.3, 0.4) is 0 Å². The maximum absolute atomic E-state index is 15.0. The molecule has 10 nitrogen and oxygen atoms in total. The van der Waals surface area contributed by atoms with Crippen molar-refractivity contribution < 1.29 is 19.1 Å². The second-order valence-electron chi connectivity index (χ2n) is 10.5. The topological polar surface area (TPSA) is 138 Å². The Labute approximate surface area is 227 Å². The molecule has 0 saturated heterocycles. The predicted octanol–water partition coefficient (Wildman–Crippen LogP) is 3.77. The predicted molar refractivity (Wildman–Crippen MR) is 146 cm³/mol. The second kappa shape index (κ2) is 10.6. The minimum atomic E-state index is -1.32. The molecule has 0 atom stereocenters. The van der Waals surface area contributed by atoms with Crippen LogP contribution >= 0.6 is 11.8 Å². The molecule has 1 amide bonds. The molecule has 1 aliphatic heterocycles. The molecular weight excluding hydrogens is 523 g/mol. The van der Waals surface area contributed by atoms with E-state index in [4.69, 9.17) is 0 Å². The van der Waals surface area contributed by atoms with Crippen LogP contribution in [0.4, 0.5) is 16.0 Å². The highest BCUT2D eigenvalue weighted by Crippen LogP contribution is 2.37. The normalized spacial score (nSPS) is 20.9. The van der Waals surface area contributed by atoms with E-state index in [-0.39, 0.29) is 34.8 Å². The van der Waals surface area contributed by atoms with E-state index < -0.39 is 17.2 Å². The molecule has 2 fully saturated rings. The first kappa shape index (κ1) is 25.8. The zero-order valence-corrected chi connectivity index (χ0v) is 22.0. The number of aromatic carboxylic acids is 1. The van der Waals surface area contributed by atoms with Crippen molar-refractivity contribution in [2.75, 3.05) is 22.9 Å². The van der Waals surface area contributed by atoms with Gasteiger partial charge in [0.05, 0.1) is 21.7 Å². The molecule has 6 rings (SSSR count). The van der Waals surface area contributed by atoms with Crippen LogP contribution < -0.4 is 21.4 Å². The Morgan fingerprint density at radius 3 is 2.69 bits per heavy atom. The number of hydrogen-bond acceptors (Lipinski definition) is 8. The van der Waals surface area contributed by atoms with Crippen molar-refractivity contribution in [3.05, 3.63) is 51.7 Å².